The Morgan fingerprint density at radius 3 is 2.84 bits per heavy atom. The van der Waals surface area contributed by atoms with Crippen molar-refractivity contribution in [3.8, 4) is 0 Å². The van der Waals surface area contributed by atoms with Crippen LogP contribution in [-0.2, 0) is 0 Å². The standard InChI is InChI=1S/C14H20ClN3S/c1-19-11-4-2-3-7-18(9-11)13-8-12(15)16-14(17-13)10-5-6-10/h8,10-11H,2-7,9H2,1H3. The van der Waals surface area contributed by atoms with Crippen LogP contribution < -0.4 is 4.90 Å². The van der Waals surface area contributed by atoms with Gasteiger partial charge in [-0.05, 0) is 31.9 Å². The van der Waals surface area contributed by atoms with Crippen molar-refractivity contribution in [2.45, 2.75) is 43.3 Å². The number of hydrogen-bond acceptors (Lipinski definition) is 4. The second-order valence-electron chi connectivity index (χ2n) is 5.48. The fourth-order valence-corrected chi connectivity index (χ4v) is 3.53. The highest BCUT2D eigenvalue weighted by molar-refractivity contribution is 7.99. The van der Waals surface area contributed by atoms with Gasteiger partial charge in [-0.1, -0.05) is 18.0 Å². The van der Waals surface area contributed by atoms with E-state index in [4.69, 9.17) is 16.6 Å². The van der Waals surface area contributed by atoms with Crippen molar-refractivity contribution < 1.29 is 0 Å². The predicted octanol–water partition coefficient (Wildman–Crippen LogP) is 3.73. The summed E-state index contributed by atoms with van der Waals surface area (Å²) in [5.41, 5.74) is 0. The summed E-state index contributed by atoms with van der Waals surface area (Å²) in [4.78, 5) is 11.5. The third-order valence-corrected chi connectivity index (χ3v) is 5.17. The Hall–Kier alpha value is -0.480. The van der Waals surface area contributed by atoms with E-state index in [-0.39, 0.29) is 0 Å². The Bertz CT molecular complexity index is 450. The summed E-state index contributed by atoms with van der Waals surface area (Å²) < 4.78 is 0. The van der Waals surface area contributed by atoms with E-state index in [9.17, 15) is 0 Å². The molecule has 0 spiro atoms. The van der Waals surface area contributed by atoms with Gasteiger partial charge < -0.3 is 4.90 Å². The molecule has 1 atom stereocenters. The van der Waals surface area contributed by atoms with Crippen molar-refractivity contribution in [1.29, 1.82) is 0 Å². The average Bonchev–Trinajstić information content (AvgIpc) is 3.24. The molecule has 0 amide bonds. The van der Waals surface area contributed by atoms with E-state index in [1.165, 1.54) is 32.1 Å². The smallest absolute Gasteiger partial charge is 0.135 e. The molecule has 1 saturated carbocycles. The molecule has 3 nitrogen and oxygen atoms in total. The molecule has 2 fully saturated rings. The Balaban J connectivity index is 1.82. The molecule has 1 aliphatic carbocycles. The minimum atomic E-state index is 0.556. The molecule has 0 bridgehead atoms. The lowest BCUT2D eigenvalue weighted by molar-refractivity contribution is 0.736. The molecular weight excluding hydrogens is 278 g/mol. The van der Waals surface area contributed by atoms with Gasteiger partial charge in [0.05, 0.1) is 0 Å². The molecule has 1 aromatic rings. The Morgan fingerprint density at radius 1 is 1.26 bits per heavy atom. The van der Waals surface area contributed by atoms with E-state index in [0.717, 1.165) is 24.7 Å². The van der Waals surface area contributed by atoms with Crippen LogP contribution in [0.1, 0.15) is 43.8 Å². The first-order valence-corrected chi connectivity index (χ1v) is 8.75. The number of anilines is 1. The van der Waals surface area contributed by atoms with E-state index < -0.39 is 0 Å². The van der Waals surface area contributed by atoms with Gasteiger partial charge >= 0.3 is 0 Å². The lowest BCUT2D eigenvalue weighted by atomic mass is 10.2. The maximum Gasteiger partial charge on any atom is 0.135 e. The Kier molecular flexibility index (Phi) is 4.18. The van der Waals surface area contributed by atoms with Gasteiger partial charge in [0.25, 0.3) is 0 Å². The number of thioether (sulfide) groups is 1. The van der Waals surface area contributed by atoms with E-state index in [0.29, 0.717) is 16.3 Å². The zero-order valence-corrected chi connectivity index (χ0v) is 12.9. The van der Waals surface area contributed by atoms with E-state index in [1.54, 1.807) is 0 Å². The molecule has 1 aromatic heterocycles. The normalized spacial score (nSPS) is 24.3. The molecule has 0 radical (unpaired) electrons. The predicted molar refractivity (Wildman–Crippen MR) is 82.4 cm³/mol. The zero-order chi connectivity index (χ0) is 13.2. The summed E-state index contributed by atoms with van der Waals surface area (Å²) >= 11 is 8.14. The first-order chi connectivity index (χ1) is 9.26. The summed E-state index contributed by atoms with van der Waals surface area (Å²) in [6, 6.07) is 1.93. The Morgan fingerprint density at radius 2 is 2.11 bits per heavy atom. The van der Waals surface area contributed by atoms with Crippen LogP contribution >= 0.6 is 23.4 Å². The van der Waals surface area contributed by atoms with E-state index >= 15 is 0 Å². The number of aromatic nitrogens is 2. The molecule has 1 aliphatic heterocycles. The van der Waals surface area contributed by atoms with Crippen LogP contribution in [0.15, 0.2) is 6.07 Å². The van der Waals surface area contributed by atoms with Crippen LogP contribution in [0.4, 0.5) is 5.82 Å². The number of rotatable bonds is 3. The van der Waals surface area contributed by atoms with Crippen LogP contribution in [-0.4, -0.2) is 34.6 Å². The quantitative estimate of drug-likeness (QED) is 0.795. The topological polar surface area (TPSA) is 29.0 Å². The lowest BCUT2D eigenvalue weighted by Gasteiger charge is -2.25. The highest BCUT2D eigenvalue weighted by atomic mass is 35.5. The third kappa shape index (κ3) is 3.34. The van der Waals surface area contributed by atoms with Crippen molar-refractivity contribution >= 4 is 29.2 Å². The van der Waals surface area contributed by atoms with Gasteiger partial charge in [-0.15, -0.1) is 0 Å². The fourth-order valence-electron chi connectivity index (χ4n) is 2.61. The zero-order valence-electron chi connectivity index (χ0n) is 11.3. The molecule has 0 aromatic carbocycles. The van der Waals surface area contributed by atoms with Crippen LogP contribution in [0.5, 0.6) is 0 Å². The average molecular weight is 298 g/mol. The van der Waals surface area contributed by atoms with Crippen molar-refractivity contribution in [3.63, 3.8) is 0 Å². The molecule has 1 unspecified atom stereocenters. The van der Waals surface area contributed by atoms with Crippen LogP contribution in [0.25, 0.3) is 0 Å². The fraction of sp³-hybridized carbons (Fsp3) is 0.714. The maximum atomic E-state index is 6.17. The molecule has 104 valence electrons. The summed E-state index contributed by atoms with van der Waals surface area (Å²) in [6.07, 6.45) is 8.51. The first-order valence-electron chi connectivity index (χ1n) is 7.08. The molecule has 0 N–H and O–H groups in total. The summed E-state index contributed by atoms with van der Waals surface area (Å²) in [5.74, 6) is 2.54. The van der Waals surface area contributed by atoms with Gasteiger partial charge in [-0.25, -0.2) is 9.97 Å². The molecule has 2 aliphatic rings. The minimum Gasteiger partial charge on any atom is -0.355 e. The second-order valence-corrected chi connectivity index (χ2v) is 7.01. The third-order valence-electron chi connectivity index (χ3n) is 3.93. The van der Waals surface area contributed by atoms with Crippen molar-refractivity contribution in [2.24, 2.45) is 0 Å². The minimum absolute atomic E-state index is 0.556. The van der Waals surface area contributed by atoms with Gasteiger partial charge in [-0.2, -0.15) is 11.8 Å². The Labute approximate surface area is 124 Å². The molecule has 2 heterocycles. The second kappa shape index (κ2) is 5.88. The lowest BCUT2D eigenvalue weighted by Crippen LogP contribution is -2.30. The van der Waals surface area contributed by atoms with Gasteiger partial charge in [0, 0.05) is 30.3 Å². The highest BCUT2D eigenvalue weighted by Gasteiger charge is 2.28. The summed E-state index contributed by atoms with van der Waals surface area (Å²) in [7, 11) is 0. The molecule has 5 heteroatoms. The van der Waals surface area contributed by atoms with Crippen molar-refractivity contribution in [1.82, 2.24) is 9.97 Å². The van der Waals surface area contributed by atoms with Gasteiger partial charge in [0.2, 0.25) is 0 Å². The number of halogens is 1. The van der Waals surface area contributed by atoms with Crippen LogP contribution in [0.2, 0.25) is 5.15 Å². The highest BCUT2D eigenvalue weighted by Crippen LogP contribution is 2.39. The molecular formula is C14H20ClN3S. The summed E-state index contributed by atoms with van der Waals surface area (Å²) in [6.45, 7) is 2.17. The van der Waals surface area contributed by atoms with E-state index in [1.807, 2.05) is 17.8 Å². The van der Waals surface area contributed by atoms with Crippen molar-refractivity contribution in [2.75, 3.05) is 24.2 Å². The van der Waals surface area contributed by atoms with E-state index in [2.05, 4.69) is 16.1 Å². The maximum absolute atomic E-state index is 6.17. The van der Waals surface area contributed by atoms with Crippen LogP contribution in [0.3, 0.4) is 0 Å². The number of hydrogen-bond donors (Lipinski definition) is 0. The summed E-state index contributed by atoms with van der Waals surface area (Å²) in [5, 5.41) is 1.30. The first kappa shape index (κ1) is 13.5. The molecule has 1 saturated heterocycles. The SMILES string of the molecule is CSC1CCCCN(c2cc(Cl)nc(C3CC3)n2)C1. The monoisotopic (exact) mass is 297 g/mol. The van der Waals surface area contributed by atoms with Gasteiger partial charge in [0.15, 0.2) is 0 Å². The molecule has 3 rings (SSSR count). The largest absolute Gasteiger partial charge is 0.355 e. The van der Waals surface area contributed by atoms with Crippen LogP contribution in [0, 0.1) is 0 Å². The van der Waals surface area contributed by atoms with Gasteiger partial charge in [0.1, 0.15) is 16.8 Å². The van der Waals surface area contributed by atoms with Gasteiger partial charge in [-0.3, -0.25) is 0 Å². The molecule has 19 heavy (non-hydrogen) atoms. The number of nitrogens with zero attached hydrogens (tertiary/aromatic N) is 3. The van der Waals surface area contributed by atoms with Crippen molar-refractivity contribution in [3.05, 3.63) is 17.0 Å².